The first-order chi connectivity index (χ1) is 11.1. The van der Waals surface area contributed by atoms with Crippen molar-refractivity contribution in [1.82, 2.24) is 10.7 Å². The third-order valence-electron chi connectivity index (χ3n) is 3.51. The van der Waals surface area contributed by atoms with E-state index in [1.54, 1.807) is 6.21 Å². The summed E-state index contributed by atoms with van der Waals surface area (Å²) in [5.41, 5.74) is 4.89. The molecule has 0 aromatic heterocycles. The van der Waals surface area contributed by atoms with E-state index in [0.29, 0.717) is 11.7 Å². The van der Waals surface area contributed by atoms with E-state index in [1.807, 2.05) is 19.1 Å². The molecule has 6 heteroatoms. The maximum absolute atomic E-state index is 5.80. The first-order valence-corrected chi connectivity index (χ1v) is 8.58. The van der Waals surface area contributed by atoms with Gasteiger partial charge in [0.25, 0.3) is 0 Å². The molecule has 23 heavy (non-hydrogen) atoms. The van der Waals surface area contributed by atoms with Crippen LogP contribution in [0.4, 0.5) is 0 Å². The predicted molar refractivity (Wildman–Crippen MR) is 97.6 cm³/mol. The fourth-order valence-electron chi connectivity index (χ4n) is 2.42. The number of fused-ring (bicyclic) bond motifs is 1. The number of hydrogen-bond donors (Lipinski definition) is 2. The lowest BCUT2D eigenvalue weighted by Crippen LogP contribution is -2.32. The Bertz CT molecular complexity index is 575. The molecule has 0 fully saturated rings. The summed E-state index contributed by atoms with van der Waals surface area (Å²) in [7, 11) is 0. The SMILES string of the molecule is CCCCNC(=S)N/N=C\c1cc2c(cc1OCC)C[C@@H](C)O2. The molecule has 0 spiro atoms. The van der Waals surface area contributed by atoms with Crippen molar-refractivity contribution in [3.05, 3.63) is 23.3 Å². The van der Waals surface area contributed by atoms with Gasteiger partial charge >= 0.3 is 0 Å². The number of unbranched alkanes of at least 4 members (excludes halogenated alkanes) is 1. The molecule has 1 aliphatic heterocycles. The molecule has 126 valence electrons. The Hall–Kier alpha value is -1.82. The van der Waals surface area contributed by atoms with E-state index in [2.05, 4.69) is 29.7 Å². The van der Waals surface area contributed by atoms with Crippen molar-refractivity contribution in [2.24, 2.45) is 5.10 Å². The van der Waals surface area contributed by atoms with Gasteiger partial charge in [-0.3, -0.25) is 5.43 Å². The van der Waals surface area contributed by atoms with E-state index in [0.717, 1.165) is 42.9 Å². The number of thiocarbonyl (C=S) groups is 1. The first kappa shape index (κ1) is 17.5. The lowest BCUT2D eigenvalue weighted by Gasteiger charge is -2.10. The van der Waals surface area contributed by atoms with E-state index < -0.39 is 0 Å². The van der Waals surface area contributed by atoms with Gasteiger partial charge in [0.1, 0.15) is 17.6 Å². The van der Waals surface area contributed by atoms with Crippen LogP contribution < -0.4 is 20.2 Å². The average Bonchev–Trinajstić information content (AvgIpc) is 2.87. The van der Waals surface area contributed by atoms with E-state index >= 15 is 0 Å². The van der Waals surface area contributed by atoms with Gasteiger partial charge in [-0.2, -0.15) is 5.10 Å². The summed E-state index contributed by atoms with van der Waals surface area (Å²) >= 11 is 5.17. The molecule has 0 aliphatic carbocycles. The summed E-state index contributed by atoms with van der Waals surface area (Å²) in [6.07, 6.45) is 5.05. The van der Waals surface area contributed by atoms with Gasteiger partial charge in [0.2, 0.25) is 0 Å². The second-order valence-corrected chi connectivity index (χ2v) is 5.95. The van der Waals surface area contributed by atoms with Gasteiger partial charge in [-0.25, -0.2) is 0 Å². The van der Waals surface area contributed by atoms with Crippen molar-refractivity contribution in [3.63, 3.8) is 0 Å². The minimum absolute atomic E-state index is 0.208. The van der Waals surface area contributed by atoms with Crippen LogP contribution in [0.2, 0.25) is 0 Å². The Morgan fingerprint density at radius 3 is 3.04 bits per heavy atom. The van der Waals surface area contributed by atoms with Crippen LogP contribution in [0.25, 0.3) is 0 Å². The van der Waals surface area contributed by atoms with Crippen molar-refractivity contribution < 1.29 is 9.47 Å². The molecule has 0 saturated carbocycles. The van der Waals surface area contributed by atoms with Gasteiger partial charge in [-0.05, 0) is 44.6 Å². The lowest BCUT2D eigenvalue weighted by atomic mass is 10.1. The second kappa shape index (κ2) is 8.72. The van der Waals surface area contributed by atoms with Crippen molar-refractivity contribution in [2.75, 3.05) is 13.2 Å². The minimum Gasteiger partial charge on any atom is -0.493 e. The summed E-state index contributed by atoms with van der Waals surface area (Å²) in [6, 6.07) is 4.02. The van der Waals surface area contributed by atoms with E-state index in [4.69, 9.17) is 21.7 Å². The highest BCUT2D eigenvalue weighted by molar-refractivity contribution is 7.80. The number of hydrazone groups is 1. The Morgan fingerprint density at radius 2 is 2.30 bits per heavy atom. The zero-order valence-corrected chi connectivity index (χ0v) is 14.8. The molecule has 1 aliphatic rings. The smallest absolute Gasteiger partial charge is 0.186 e. The molecule has 0 amide bonds. The molecular formula is C17H25N3O2S. The van der Waals surface area contributed by atoms with Gasteiger partial charge in [0, 0.05) is 24.1 Å². The van der Waals surface area contributed by atoms with Crippen molar-refractivity contribution >= 4 is 23.5 Å². The zero-order chi connectivity index (χ0) is 16.7. The standard InChI is InChI=1S/C17H25N3O2S/c1-4-6-7-18-17(23)20-19-11-14-10-16-13(8-12(3)22-16)9-15(14)21-5-2/h9-12H,4-8H2,1-3H3,(H2,18,20,23)/b19-11-/t12-/m1/s1. The fraction of sp³-hybridized carbons (Fsp3) is 0.529. The number of rotatable bonds is 7. The molecule has 1 atom stereocenters. The highest BCUT2D eigenvalue weighted by Gasteiger charge is 2.21. The van der Waals surface area contributed by atoms with Crippen LogP contribution in [0, 0.1) is 0 Å². The van der Waals surface area contributed by atoms with Crippen LogP contribution in [0.3, 0.4) is 0 Å². The van der Waals surface area contributed by atoms with Gasteiger partial charge in [-0.1, -0.05) is 13.3 Å². The van der Waals surface area contributed by atoms with Crippen LogP contribution in [-0.2, 0) is 6.42 Å². The molecule has 0 bridgehead atoms. The zero-order valence-electron chi connectivity index (χ0n) is 14.0. The number of nitrogens with one attached hydrogen (secondary N) is 2. The van der Waals surface area contributed by atoms with Crippen LogP contribution in [0.1, 0.15) is 44.7 Å². The van der Waals surface area contributed by atoms with Crippen LogP contribution in [0.5, 0.6) is 11.5 Å². The van der Waals surface area contributed by atoms with Gasteiger partial charge in [0.05, 0.1) is 12.8 Å². The quantitative estimate of drug-likeness (QED) is 0.347. The third-order valence-corrected chi connectivity index (χ3v) is 3.75. The van der Waals surface area contributed by atoms with Gasteiger partial charge < -0.3 is 14.8 Å². The summed E-state index contributed by atoms with van der Waals surface area (Å²) in [5.74, 6) is 1.73. The number of benzene rings is 1. The van der Waals surface area contributed by atoms with Gasteiger partial charge in [-0.15, -0.1) is 0 Å². The molecule has 0 radical (unpaired) electrons. The van der Waals surface area contributed by atoms with Crippen molar-refractivity contribution in [2.45, 2.75) is 46.1 Å². The van der Waals surface area contributed by atoms with Gasteiger partial charge in [0.15, 0.2) is 5.11 Å². The molecular weight excluding hydrogens is 310 g/mol. The molecule has 1 aromatic rings. The van der Waals surface area contributed by atoms with Crippen molar-refractivity contribution in [3.8, 4) is 11.5 Å². The molecule has 1 aromatic carbocycles. The maximum Gasteiger partial charge on any atom is 0.186 e. The Labute approximate surface area is 143 Å². The fourth-order valence-corrected chi connectivity index (χ4v) is 2.57. The molecule has 2 N–H and O–H groups in total. The van der Waals surface area contributed by atoms with Crippen LogP contribution in [-0.4, -0.2) is 30.6 Å². The maximum atomic E-state index is 5.80. The number of hydrogen-bond acceptors (Lipinski definition) is 4. The average molecular weight is 335 g/mol. The lowest BCUT2D eigenvalue weighted by molar-refractivity contribution is 0.254. The molecule has 0 saturated heterocycles. The molecule has 0 unspecified atom stereocenters. The van der Waals surface area contributed by atoms with E-state index in [-0.39, 0.29) is 6.10 Å². The van der Waals surface area contributed by atoms with E-state index in [9.17, 15) is 0 Å². The van der Waals surface area contributed by atoms with E-state index in [1.165, 1.54) is 5.56 Å². The Balaban J connectivity index is 2.02. The summed E-state index contributed by atoms with van der Waals surface area (Å²) < 4.78 is 11.5. The minimum atomic E-state index is 0.208. The summed E-state index contributed by atoms with van der Waals surface area (Å²) in [5, 5.41) is 7.83. The van der Waals surface area contributed by atoms with Crippen molar-refractivity contribution in [1.29, 1.82) is 0 Å². The molecule has 2 rings (SSSR count). The summed E-state index contributed by atoms with van der Waals surface area (Å²) in [4.78, 5) is 0. The second-order valence-electron chi connectivity index (χ2n) is 5.54. The monoisotopic (exact) mass is 335 g/mol. The normalized spacial score (nSPS) is 16.0. The Kier molecular flexibility index (Phi) is 6.65. The predicted octanol–water partition coefficient (Wildman–Crippen LogP) is 3.01. The molecule has 1 heterocycles. The number of ether oxygens (including phenoxy) is 2. The largest absolute Gasteiger partial charge is 0.493 e. The Morgan fingerprint density at radius 1 is 1.48 bits per heavy atom. The summed E-state index contributed by atoms with van der Waals surface area (Å²) in [6.45, 7) is 7.64. The topological polar surface area (TPSA) is 54.9 Å². The first-order valence-electron chi connectivity index (χ1n) is 8.17. The number of nitrogens with zero attached hydrogens (tertiary/aromatic N) is 1. The highest BCUT2D eigenvalue weighted by atomic mass is 32.1. The van der Waals surface area contributed by atoms with Crippen LogP contribution in [0.15, 0.2) is 17.2 Å². The van der Waals surface area contributed by atoms with Crippen LogP contribution >= 0.6 is 12.2 Å². The molecule has 5 nitrogen and oxygen atoms in total. The third kappa shape index (κ3) is 5.10. The highest BCUT2D eigenvalue weighted by Crippen LogP contribution is 2.34.